The monoisotopic (exact) mass is 629 g/mol. The van der Waals surface area contributed by atoms with Gasteiger partial charge in [-0.1, -0.05) is 103 Å². The first-order chi connectivity index (χ1) is 23.8. The van der Waals surface area contributed by atoms with E-state index in [0.29, 0.717) is 17.5 Å². The molecule has 1 aliphatic rings. The lowest BCUT2D eigenvalue weighted by Crippen LogP contribution is -2.01. The Morgan fingerprint density at radius 1 is 0.417 bits per heavy atom. The van der Waals surface area contributed by atoms with Crippen LogP contribution >= 0.6 is 11.3 Å². The van der Waals surface area contributed by atoms with Gasteiger partial charge >= 0.3 is 0 Å². The molecule has 0 saturated heterocycles. The average Bonchev–Trinajstić information content (AvgIpc) is 3.81. The van der Waals surface area contributed by atoms with Crippen LogP contribution in [0.3, 0.4) is 0 Å². The van der Waals surface area contributed by atoms with E-state index in [1.165, 1.54) is 42.1 Å². The Bertz CT molecular complexity index is 2950. The highest BCUT2D eigenvalue weighted by Crippen LogP contribution is 2.54. The van der Waals surface area contributed by atoms with Gasteiger partial charge in [-0.3, -0.25) is 0 Å². The molecule has 0 bridgehead atoms. The van der Waals surface area contributed by atoms with Crippen LogP contribution < -0.4 is 0 Å². The number of benzene rings is 7. The van der Waals surface area contributed by atoms with Gasteiger partial charge in [0, 0.05) is 53.2 Å². The number of rotatable bonds is 3. The third-order valence-corrected chi connectivity index (χ3v) is 10.8. The molecule has 0 saturated carbocycles. The summed E-state index contributed by atoms with van der Waals surface area (Å²) in [7, 11) is 0. The number of thiophene rings is 1. The number of aromatic nitrogens is 3. The van der Waals surface area contributed by atoms with Crippen molar-refractivity contribution in [1.29, 1.82) is 0 Å². The largest absolute Gasteiger partial charge is 0.456 e. The van der Waals surface area contributed by atoms with E-state index in [-0.39, 0.29) is 0 Å². The third kappa shape index (κ3) is 3.62. The zero-order valence-corrected chi connectivity index (χ0v) is 26.3. The molecule has 48 heavy (non-hydrogen) atoms. The minimum atomic E-state index is 0.632. The molecule has 0 unspecified atom stereocenters. The maximum atomic E-state index is 6.57. The van der Waals surface area contributed by atoms with Crippen molar-refractivity contribution in [2.75, 3.05) is 0 Å². The van der Waals surface area contributed by atoms with E-state index >= 15 is 0 Å². The second kappa shape index (κ2) is 9.67. The average molecular weight is 630 g/mol. The van der Waals surface area contributed by atoms with Crippen LogP contribution in [0.5, 0.6) is 0 Å². The molecule has 222 valence electrons. The zero-order chi connectivity index (χ0) is 31.3. The zero-order valence-electron chi connectivity index (χ0n) is 25.4. The number of hydrogen-bond donors (Lipinski definition) is 0. The van der Waals surface area contributed by atoms with E-state index in [1.54, 1.807) is 0 Å². The molecule has 7 aromatic carbocycles. The van der Waals surface area contributed by atoms with Gasteiger partial charge in [-0.05, 0) is 63.9 Å². The summed E-state index contributed by atoms with van der Waals surface area (Å²) in [6.07, 6.45) is 0. The van der Waals surface area contributed by atoms with Crippen LogP contribution in [0.4, 0.5) is 0 Å². The Labute approximate surface area is 278 Å². The number of fused-ring (bicyclic) bond motifs is 9. The molecular weight excluding hydrogens is 607 g/mol. The van der Waals surface area contributed by atoms with Crippen molar-refractivity contribution in [2.24, 2.45) is 0 Å². The van der Waals surface area contributed by atoms with Gasteiger partial charge < -0.3 is 4.42 Å². The summed E-state index contributed by atoms with van der Waals surface area (Å²) in [6, 6.07) is 48.9. The summed E-state index contributed by atoms with van der Waals surface area (Å²) in [4.78, 5) is 15.8. The summed E-state index contributed by atoms with van der Waals surface area (Å²) >= 11 is 1.81. The van der Waals surface area contributed by atoms with E-state index in [1.807, 2.05) is 41.7 Å². The molecule has 0 aliphatic heterocycles. The van der Waals surface area contributed by atoms with Gasteiger partial charge in [0.15, 0.2) is 17.5 Å². The Morgan fingerprint density at radius 2 is 1.12 bits per heavy atom. The van der Waals surface area contributed by atoms with Crippen LogP contribution in [-0.2, 0) is 0 Å². The minimum Gasteiger partial charge on any atom is -0.456 e. The highest BCUT2D eigenvalue weighted by Gasteiger charge is 2.30. The van der Waals surface area contributed by atoms with Gasteiger partial charge in [0.2, 0.25) is 0 Å². The normalized spacial score (nSPS) is 12.2. The molecule has 3 heterocycles. The lowest BCUT2D eigenvalue weighted by Gasteiger charge is -2.14. The fourth-order valence-electron chi connectivity index (χ4n) is 7.57. The predicted molar refractivity (Wildman–Crippen MR) is 198 cm³/mol. The second-order valence-electron chi connectivity index (χ2n) is 12.3. The fourth-order valence-corrected chi connectivity index (χ4v) is 8.66. The van der Waals surface area contributed by atoms with Crippen molar-refractivity contribution in [2.45, 2.75) is 0 Å². The minimum absolute atomic E-state index is 0.632. The van der Waals surface area contributed by atoms with Crippen LogP contribution in [-0.4, -0.2) is 15.0 Å². The van der Waals surface area contributed by atoms with Gasteiger partial charge in [-0.25, -0.2) is 15.0 Å². The highest BCUT2D eigenvalue weighted by molar-refractivity contribution is 7.25. The van der Waals surface area contributed by atoms with Gasteiger partial charge in [0.25, 0.3) is 0 Å². The lowest BCUT2D eigenvalue weighted by molar-refractivity contribution is 0.669. The highest BCUT2D eigenvalue weighted by atomic mass is 32.1. The number of furan rings is 1. The van der Waals surface area contributed by atoms with Crippen LogP contribution in [0.25, 0.3) is 109 Å². The van der Waals surface area contributed by atoms with E-state index < -0.39 is 0 Å². The lowest BCUT2D eigenvalue weighted by atomic mass is 9.93. The fraction of sp³-hybridized carbons (Fsp3) is 0. The maximum Gasteiger partial charge on any atom is 0.165 e. The Kier molecular flexibility index (Phi) is 5.23. The van der Waals surface area contributed by atoms with Crippen molar-refractivity contribution < 1.29 is 4.42 Å². The van der Waals surface area contributed by atoms with Crippen molar-refractivity contribution in [3.63, 3.8) is 0 Å². The van der Waals surface area contributed by atoms with E-state index in [2.05, 4.69) is 109 Å². The molecule has 0 atom stereocenters. The van der Waals surface area contributed by atoms with E-state index in [0.717, 1.165) is 49.8 Å². The summed E-state index contributed by atoms with van der Waals surface area (Å²) < 4.78 is 9.09. The van der Waals surface area contributed by atoms with Crippen molar-refractivity contribution in [1.82, 2.24) is 15.0 Å². The molecule has 0 fully saturated rings. The molecule has 0 radical (unpaired) electrons. The third-order valence-electron chi connectivity index (χ3n) is 9.66. The van der Waals surface area contributed by atoms with Crippen LogP contribution in [0.15, 0.2) is 144 Å². The first-order valence-electron chi connectivity index (χ1n) is 16.0. The molecule has 1 aliphatic carbocycles. The maximum absolute atomic E-state index is 6.57. The second-order valence-corrected chi connectivity index (χ2v) is 13.4. The van der Waals surface area contributed by atoms with Gasteiger partial charge in [0.1, 0.15) is 11.2 Å². The molecule has 11 rings (SSSR count). The predicted octanol–water partition coefficient (Wildman–Crippen LogP) is 11.9. The Morgan fingerprint density at radius 3 is 2.00 bits per heavy atom. The topological polar surface area (TPSA) is 51.8 Å². The molecule has 4 nitrogen and oxygen atoms in total. The van der Waals surface area contributed by atoms with Crippen LogP contribution in [0.1, 0.15) is 0 Å². The van der Waals surface area contributed by atoms with E-state index in [9.17, 15) is 0 Å². The first-order valence-corrected chi connectivity index (χ1v) is 16.8. The number of para-hydroxylation sites is 1. The van der Waals surface area contributed by atoms with Gasteiger partial charge in [-0.15, -0.1) is 11.3 Å². The molecule has 0 spiro atoms. The SMILES string of the molecule is c1ccc(-c2nc(-c3ccc4sc5ccccc5c4c3)nc(-c3c4c(cc5oc6ccccc6c35)-c3cccc5cccc-4c35)n2)cc1. The standard InChI is InChI=1S/C43H23N3OS/c1-2-10-25(11-3-1)41-44-42(26-20-21-36-31(22-26)27-14-5-7-19-35(27)48-36)46-43(45-41)40-38-30-17-9-13-24-12-8-16-28(37(24)30)32(38)23-34-39(40)29-15-4-6-18-33(29)47-34/h1-23H. The summed E-state index contributed by atoms with van der Waals surface area (Å²) in [5.41, 5.74) is 9.20. The summed E-state index contributed by atoms with van der Waals surface area (Å²) in [5, 5.41) is 6.98. The Hall–Kier alpha value is -6.17. The summed E-state index contributed by atoms with van der Waals surface area (Å²) in [6.45, 7) is 0. The van der Waals surface area contributed by atoms with Crippen LogP contribution in [0, 0.1) is 0 Å². The Balaban J connectivity index is 1.27. The first kappa shape index (κ1) is 26.0. The van der Waals surface area contributed by atoms with E-state index in [4.69, 9.17) is 19.4 Å². The molecule has 10 aromatic rings. The smallest absolute Gasteiger partial charge is 0.165 e. The van der Waals surface area contributed by atoms with Gasteiger partial charge in [-0.2, -0.15) is 0 Å². The molecule has 3 aromatic heterocycles. The van der Waals surface area contributed by atoms with Crippen molar-refractivity contribution in [3.8, 4) is 56.4 Å². The molecule has 0 N–H and O–H groups in total. The summed E-state index contributed by atoms with van der Waals surface area (Å²) in [5.74, 6) is 1.91. The van der Waals surface area contributed by atoms with Gasteiger partial charge in [0.05, 0.1) is 0 Å². The quantitative estimate of drug-likeness (QED) is 0.195. The molecule has 0 amide bonds. The number of nitrogens with zero attached hydrogens (tertiary/aromatic N) is 3. The van der Waals surface area contributed by atoms with Crippen molar-refractivity contribution >= 4 is 64.2 Å². The van der Waals surface area contributed by atoms with Crippen LogP contribution in [0.2, 0.25) is 0 Å². The molecule has 5 heteroatoms. The molecular formula is C43H23N3OS. The number of hydrogen-bond acceptors (Lipinski definition) is 5. The van der Waals surface area contributed by atoms with Crippen molar-refractivity contribution in [3.05, 3.63) is 140 Å².